The molecule has 2 aliphatic heterocycles. The van der Waals surface area contributed by atoms with Gasteiger partial charge in [0.15, 0.2) is 0 Å². The highest BCUT2D eigenvalue weighted by Crippen LogP contribution is 2.32. The van der Waals surface area contributed by atoms with Gasteiger partial charge in [-0.2, -0.15) is 0 Å². The van der Waals surface area contributed by atoms with Gasteiger partial charge in [-0.1, -0.05) is 6.58 Å². The maximum absolute atomic E-state index is 3.89. The van der Waals surface area contributed by atoms with Crippen LogP contribution in [0.3, 0.4) is 0 Å². The quantitative estimate of drug-likeness (QED) is 0.762. The molecular formula is C16H32N4. The van der Waals surface area contributed by atoms with Crippen molar-refractivity contribution in [1.29, 1.82) is 0 Å². The van der Waals surface area contributed by atoms with Crippen LogP contribution >= 0.6 is 0 Å². The summed E-state index contributed by atoms with van der Waals surface area (Å²) in [6.07, 6.45) is 3.16. The van der Waals surface area contributed by atoms with Gasteiger partial charge in [-0.25, -0.2) is 0 Å². The molecule has 0 aromatic heterocycles. The van der Waals surface area contributed by atoms with Crippen molar-refractivity contribution < 1.29 is 0 Å². The smallest absolute Gasteiger partial charge is 0.0706 e. The Bertz CT molecular complexity index is 350. The third kappa shape index (κ3) is 3.35. The van der Waals surface area contributed by atoms with Crippen LogP contribution in [0.5, 0.6) is 0 Å². The predicted octanol–water partition coefficient (Wildman–Crippen LogP) is 1.86. The summed E-state index contributed by atoms with van der Waals surface area (Å²) >= 11 is 0. The molecule has 0 aliphatic carbocycles. The van der Waals surface area contributed by atoms with Crippen LogP contribution in [0.1, 0.15) is 34.1 Å². The molecule has 2 heterocycles. The van der Waals surface area contributed by atoms with Crippen LogP contribution in [0.4, 0.5) is 0 Å². The monoisotopic (exact) mass is 280 g/mol. The van der Waals surface area contributed by atoms with Gasteiger partial charge in [0, 0.05) is 37.3 Å². The zero-order valence-corrected chi connectivity index (χ0v) is 14.0. The Morgan fingerprint density at radius 1 is 0.900 bits per heavy atom. The summed E-state index contributed by atoms with van der Waals surface area (Å²) in [5, 5.41) is 0. The summed E-state index contributed by atoms with van der Waals surface area (Å²) in [5.41, 5.74) is 0.471. The van der Waals surface area contributed by atoms with E-state index in [2.05, 4.69) is 60.9 Å². The van der Waals surface area contributed by atoms with E-state index in [-0.39, 0.29) is 11.1 Å². The molecule has 0 bridgehead atoms. The summed E-state index contributed by atoms with van der Waals surface area (Å²) < 4.78 is 0. The molecule has 0 atom stereocenters. The van der Waals surface area contributed by atoms with Gasteiger partial charge in [0.25, 0.3) is 0 Å². The minimum Gasteiger partial charge on any atom is -0.364 e. The van der Waals surface area contributed by atoms with E-state index in [0.717, 1.165) is 26.4 Å². The van der Waals surface area contributed by atoms with E-state index in [1.54, 1.807) is 0 Å². The zero-order valence-electron chi connectivity index (χ0n) is 14.0. The Morgan fingerprint density at radius 3 is 1.90 bits per heavy atom. The van der Waals surface area contributed by atoms with E-state index in [1.807, 2.05) is 6.20 Å². The molecule has 20 heavy (non-hydrogen) atoms. The van der Waals surface area contributed by atoms with Gasteiger partial charge in [0.05, 0.1) is 13.3 Å². The summed E-state index contributed by atoms with van der Waals surface area (Å²) in [5.74, 6) is 0. The molecule has 0 saturated carbocycles. The fraction of sp³-hybridized carbons (Fsp3) is 0.875. The maximum atomic E-state index is 3.89. The van der Waals surface area contributed by atoms with E-state index in [1.165, 1.54) is 19.5 Å². The van der Waals surface area contributed by atoms with Gasteiger partial charge < -0.3 is 4.90 Å². The molecule has 2 aliphatic rings. The number of hydrogen-bond donors (Lipinski definition) is 0. The van der Waals surface area contributed by atoms with Gasteiger partial charge in [-0.05, 0) is 47.4 Å². The molecule has 0 unspecified atom stereocenters. The molecule has 0 radical (unpaired) electrons. The van der Waals surface area contributed by atoms with Crippen LogP contribution in [0.25, 0.3) is 0 Å². The van der Waals surface area contributed by atoms with Crippen molar-refractivity contribution >= 4 is 0 Å². The number of rotatable bonds is 5. The van der Waals surface area contributed by atoms with Crippen LogP contribution in [-0.4, -0.2) is 77.2 Å². The van der Waals surface area contributed by atoms with E-state index in [9.17, 15) is 0 Å². The molecule has 2 fully saturated rings. The first-order valence-electron chi connectivity index (χ1n) is 7.80. The Morgan fingerprint density at radius 2 is 1.45 bits per heavy atom. The third-order valence-corrected chi connectivity index (χ3v) is 5.01. The van der Waals surface area contributed by atoms with Crippen LogP contribution in [0.15, 0.2) is 12.8 Å². The first-order valence-corrected chi connectivity index (χ1v) is 7.80. The van der Waals surface area contributed by atoms with Crippen LogP contribution < -0.4 is 0 Å². The SMILES string of the molecule is C=CN1CCN(C(C)(C)CC(C)(C)N2CCN(C)C2)C1. The third-order valence-electron chi connectivity index (χ3n) is 5.01. The molecule has 0 spiro atoms. The van der Waals surface area contributed by atoms with E-state index >= 15 is 0 Å². The Labute approximate surface area is 125 Å². The summed E-state index contributed by atoms with van der Waals surface area (Å²) in [6.45, 7) is 20.2. The van der Waals surface area contributed by atoms with Crippen LogP contribution in [0, 0.1) is 0 Å². The number of likely N-dealkylation sites (N-methyl/N-ethyl adjacent to an activating group) is 1. The average Bonchev–Trinajstić information content (AvgIpc) is 2.95. The van der Waals surface area contributed by atoms with Crippen molar-refractivity contribution in [3.63, 3.8) is 0 Å². The van der Waals surface area contributed by atoms with Crippen molar-refractivity contribution in [2.75, 3.05) is 46.6 Å². The first kappa shape index (κ1) is 15.8. The summed E-state index contributed by atoms with van der Waals surface area (Å²) in [7, 11) is 2.21. The van der Waals surface area contributed by atoms with Gasteiger partial charge in [0.1, 0.15) is 0 Å². The second kappa shape index (κ2) is 5.66. The highest BCUT2D eigenvalue weighted by molar-refractivity contribution is 4.96. The topological polar surface area (TPSA) is 13.0 Å². The molecule has 0 aromatic carbocycles. The molecular weight excluding hydrogens is 248 g/mol. The number of hydrogen-bond acceptors (Lipinski definition) is 4. The highest BCUT2D eigenvalue weighted by Gasteiger charge is 2.40. The lowest BCUT2D eigenvalue weighted by molar-refractivity contribution is 0.0414. The lowest BCUT2D eigenvalue weighted by Gasteiger charge is -2.45. The minimum absolute atomic E-state index is 0.225. The van der Waals surface area contributed by atoms with E-state index in [4.69, 9.17) is 0 Å². The Balaban J connectivity index is 1.98. The first-order chi connectivity index (χ1) is 9.24. The van der Waals surface area contributed by atoms with Gasteiger partial charge in [-0.3, -0.25) is 14.7 Å². The van der Waals surface area contributed by atoms with Gasteiger partial charge >= 0.3 is 0 Å². The molecule has 0 N–H and O–H groups in total. The summed E-state index contributed by atoms with van der Waals surface area (Å²) in [6, 6.07) is 0. The molecule has 0 aromatic rings. The minimum atomic E-state index is 0.225. The van der Waals surface area contributed by atoms with Crippen molar-refractivity contribution in [2.45, 2.75) is 45.2 Å². The maximum Gasteiger partial charge on any atom is 0.0706 e. The Hall–Kier alpha value is -0.580. The predicted molar refractivity (Wildman–Crippen MR) is 85.5 cm³/mol. The molecule has 2 saturated heterocycles. The van der Waals surface area contributed by atoms with Crippen molar-refractivity contribution in [2.24, 2.45) is 0 Å². The van der Waals surface area contributed by atoms with E-state index in [0.29, 0.717) is 0 Å². The standard InChI is InChI=1S/C16H32N4/c1-7-18-9-11-20(14-18)16(4,5)12-15(2,3)19-10-8-17(6)13-19/h7H,1,8-14H2,2-6H3. The van der Waals surface area contributed by atoms with Crippen molar-refractivity contribution in [3.8, 4) is 0 Å². The largest absolute Gasteiger partial charge is 0.364 e. The average molecular weight is 280 g/mol. The van der Waals surface area contributed by atoms with Gasteiger partial charge in [0.2, 0.25) is 0 Å². The molecule has 116 valence electrons. The van der Waals surface area contributed by atoms with Crippen molar-refractivity contribution in [1.82, 2.24) is 19.6 Å². The molecule has 4 heteroatoms. The fourth-order valence-electron chi connectivity index (χ4n) is 3.75. The fourth-order valence-corrected chi connectivity index (χ4v) is 3.75. The van der Waals surface area contributed by atoms with Crippen molar-refractivity contribution in [3.05, 3.63) is 12.8 Å². The summed E-state index contributed by atoms with van der Waals surface area (Å²) in [4.78, 5) is 9.93. The van der Waals surface area contributed by atoms with E-state index < -0.39 is 0 Å². The lowest BCUT2D eigenvalue weighted by atomic mass is 9.84. The highest BCUT2D eigenvalue weighted by atomic mass is 15.4. The molecule has 4 nitrogen and oxygen atoms in total. The molecule has 0 amide bonds. The van der Waals surface area contributed by atoms with Crippen LogP contribution in [0.2, 0.25) is 0 Å². The Kier molecular flexibility index (Phi) is 4.47. The number of nitrogens with zero attached hydrogens (tertiary/aromatic N) is 4. The second-order valence-corrected chi connectivity index (χ2v) is 7.69. The van der Waals surface area contributed by atoms with Crippen LogP contribution in [-0.2, 0) is 0 Å². The van der Waals surface area contributed by atoms with Gasteiger partial charge in [-0.15, -0.1) is 0 Å². The second-order valence-electron chi connectivity index (χ2n) is 7.69. The normalized spacial score (nSPS) is 23.8. The zero-order chi connectivity index (χ0) is 15.0. The lowest BCUT2D eigenvalue weighted by Crippen LogP contribution is -2.53. The molecule has 2 rings (SSSR count).